The lowest BCUT2D eigenvalue weighted by atomic mass is 9.33. The number of ether oxygens (including phenoxy) is 1. The summed E-state index contributed by atoms with van der Waals surface area (Å²) in [5, 5.41) is 4.08. The van der Waals surface area contributed by atoms with Gasteiger partial charge in [-0.25, -0.2) is 17.6 Å². The summed E-state index contributed by atoms with van der Waals surface area (Å²) in [6.45, 7) is 23.6. The van der Waals surface area contributed by atoms with Crippen LogP contribution in [0.5, 0.6) is 0 Å². The Morgan fingerprint density at radius 3 is 2.26 bits per heavy atom. The fourth-order valence-corrected chi connectivity index (χ4v) is 16.1. The first kappa shape index (κ1) is 39.7. The van der Waals surface area contributed by atoms with E-state index in [0.29, 0.717) is 36.0 Å². The largest absolute Gasteiger partial charge is 0.467 e. The van der Waals surface area contributed by atoms with Crippen LogP contribution >= 0.6 is 0 Å². The van der Waals surface area contributed by atoms with Gasteiger partial charge in [0.2, 0.25) is 5.67 Å². The molecule has 1 N–H and O–H groups in total. The van der Waals surface area contributed by atoms with Gasteiger partial charge in [0.05, 0.1) is 12.4 Å². The van der Waals surface area contributed by atoms with E-state index in [1.165, 1.54) is 81.5 Å². The molecule has 1 saturated heterocycles. The van der Waals surface area contributed by atoms with Gasteiger partial charge in [0.1, 0.15) is 9.84 Å². The summed E-state index contributed by atoms with van der Waals surface area (Å²) in [4.78, 5) is 14.7. The zero-order chi connectivity index (χ0) is 38.4. The Labute approximate surface area is 321 Å². The van der Waals surface area contributed by atoms with Crippen LogP contribution in [0.15, 0.2) is 35.5 Å². The van der Waals surface area contributed by atoms with Gasteiger partial charge in [0.25, 0.3) is 0 Å². The zero-order valence-corrected chi connectivity index (χ0v) is 35.2. The lowest BCUT2D eigenvalue weighted by Gasteiger charge is -2.72. The minimum atomic E-state index is -2.96. The molecule has 0 aromatic heterocycles. The van der Waals surface area contributed by atoms with Gasteiger partial charge in [0, 0.05) is 31.3 Å². The molecule has 1 heterocycles. The van der Waals surface area contributed by atoms with Crippen LogP contribution in [-0.2, 0) is 19.4 Å². The third kappa shape index (κ3) is 6.19. The third-order valence-electron chi connectivity index (χ3n) is 18.0. The Morgan fingerprint density at radius 1 is 0.925 bits per heavy atom. The zero-order valence-electron chi connectivity index (χ0n) is 34.4. The van der Waals surface area contributed by atoms with E-state index in [1.54, 1.807) is 0 Å². The van der Waals surface area contributed by atoms with Gasteiger partial charge in [0.15, 0.2) is 0 Å². The van der Waals surface area contributed by atoms with Gasteiger partial charge in [-0.2, -0.15) is 0 Å². The summed E-state index contributed by atoms with van der Waals surface area (Å²) in [6, 6.07) is 0. The normalized spacial score (nSPS) is 44.4. The van der Waals surface area contributed by atoms with E-state index < -0.39 is 21.5 Å². The van der Waals surface area contributed by atoms with E-state index in [1.807, 2.05) is 6.08 Å². The summed E-state index contributed by atoms with van der Waals surface area (Å²) < 4.78 is 44.5. The number of sulfone groups is 1. The number of carbonyl (C=O) groups is 1. The number of likely N-dealkylation sites (tertiary alicyclic amines) is 1. The molecule has 53 heavy (non-hydrogen) atoms. The number of hydrogen-bond acceptors (Lipinski definition) is 6. The highest BCUT2D eigenvalue weighted by Crippen LogP contribution is 2.76. The number of carbonyl (C=O) groups excluding carboxylic acids is 1. The number of nitrogens with one attached hydrogen (secondary N) is 1. The summed E-state index contributed by atoms with van der Waals surface area (Å²) in [6.07, 6.45) is 19.5. The summed E-state index contributed by atoms with van der Waals surface area (Å²) in [5.41, 5.74) is 3.01. The second kappa shape index (κ2) is 13.6. The molecule has 6 nitrogen and oxygen atoms in total. The molecule has 5 fully saturated rings. The first-order valence-electron chi connectivity index (χ1n) is 21.2. The summed E-state index contributed by atoms with van der Waals surface area (Å²) in [5.74, 6) is 2.33. The average molecular weight is 755 g/mol. The van der Waals surface area contributed by atoms with E-state index in [0.717, 1.165) is 45.4 Å². The average Bonchev–Trinajstić information content (AvgIpc) is 3.48. The molecular formula is C45H71FN2O4S. The van der Waals surface area contributed by atoms with Crippen molar-refractivity contribution in [2.75, 3.05) is 39.5 Å². The highest BCUT2D eigenvalue weighted by molar-refractivity contribution is 7.91. The molecule has 8 heteroatoms. The molecule has 10 atom stereocenters. The Balaban J connectivity index is 1.10. The predicted octanol–water partition coefficient (Wildman–Crippen LogP) is 9.02. The fraction of sp³-hybridized carbons (Fsp3) is 0.844. The van der Waals surface area contributed by atoms with E-state index in [4.69, 9.17) is 4.74 Å². The van der Waals surface area contributed by atoms with Crippen molar-refractivity contribution in [3.05, 3.63) is 35.5 Å². The van der Waals surface area contributed by atoms with Crippen LogP contribution in [0.1, 0.15) is 131 Å². The minimum absolute atomic E-state index is 0.0122. The number of rotatable bonds is 8. The molecule has 0 radical (unpaired) electrons. The number of allylic oxidation sites excluding steroid dienone is 5. The molecular weight excluding hydrogens is 684 g/mol. The lowest BCUT2D eigenvalue weighted by Crippen LogP contribution is -2.68. The van der Waals surface area contributed by atoms with Crippen LogP contribution in [0.4, 0.5) is 4.39 Å². The van der Waals surface area contributed by atoms with Crippen LogP contribution in [-0.4, -0.2) is 75.3 Å². The number of nitrogens with zero attached hydrogens (tertiary/aromatic N) is 1. The van der Waals surface area contributed by atoms with E-state index in [9.17, 15) is 13.2 Å². The Bertz CT molecular complexity index is 1650. The van der Waals surface area contributed by atoms with Crippen LogP contribution in [0.2, 0.25) is 0 Å². The molecule has 0 amide bonds. The number of esters is 1. The fourth-order valence-electron chi connectivity index (χ4n) is 15.1. The van der Waals surface area contributed by atoms with Gasteiger partial charge >= 0.3 is 5.97 Å². The Morgan fingerprint density at radius 2 is 1.64 bits per heavy atom. The van der Waals surface area contributed by atoms with Crippen molar-refractivity contribution >= 4 is 15.8 Å². The van der Waals surface area contributed by atoms with E-state index in [2.05, 4.69) is 64.4 Å². The highest BCUT2D eigenvalue weighted by Gasteiger charge is 2.70. The first-order valence-corrected chi connectivity index (χ1v) is 23.2. The predicted molar refractivity (Wildman–Crippen MR) is 213 cm³/mol. The molecule has 6 aliphatic carbocycles. The monoisotopic (exact) mass is 755 g/mol. The highest BCUT2D eigenvalue weighted by atomic mass is 32.2. The molecule has 0 bridgehead atoms. The molecule has 7 rings (SSSR count). The van der Waals surface area contributed by atoms with Crippen molar-refractivity contribution in [3.8, 4) is 0 Å². The molecule has 0 aromatic carbocycles. The maximum atomic E-state index is 15.4. The van der Waals surface area contributed by atoms with Crippen LogP contribution in [0.3, 0.4) is 0 Å². The van der Waals surface area contributed by atoms with Crippen LogP contribution in [0, 0.1) is 51.2 Å². The second-order valence-corrected chi connectivity index (χ2v) is 22.9. The molecule has 298 valence electrons. The third-order valence-corrected chi connectivity index (χ3v) is 19.7. The van der Waals surface area contributed by atoms with Gasteiger partial charge < -0.3 is 15.0 Å². The first-order chi connectivity index (χ1) is 24.8. The van der Waals surface area contributed by atoms with Gasteiger partial charge in [-0.3, -0.25) is 0 Å². The van der Waals surface area contributed by atoms with E-state index >= 15 is 4.39 Å². The molecule has 0 aromatic rings. The standard InChI is InChI=1S/C45H71FN2O4S/c1-30(2)33-14-23-45(47-26-29-48-27-17-32(18-28-48)53(9,50)51)25-24-42(6)35(38(33)45)10-11-37-41(5)19-15-34(40(3,4)36(41)16-20-43(37,42)7)31-12-21-44(46,22-13-31)39(49)52-8/h12,15,32-33,35-38,47H,1,10-11,13-14,16-29H2,2-9H3/t33-,35+,36-,37+,38+,41-,42+,43+,44?,45-/m0/s1. The lowest BCUT2D eigenvalue weighted by molar-refractivity contribution is -0.221. The van der Waals surface area contributed by atoms with Crippen molar-refractivity contribution < 1.29 is 22.3 Å². The SMILES string of the molecule is C=C(C)[C@@H]1CC[C@]2(NCCN3CCC(S(C)(=O)=O)CC3)CC[C@]3(C)[C@H](CC[C@@H]4[C@@]5(C)CC=C(C6=CCC(F)(C(=O)OC)CC6)C(C)(C)[C@@H]5CC[C@]43C)[C@@H]12. The number of methoxy groups -OCH3 is 1. The quantitative estimate of drug-likeness (QED) is 0.197. The number of halogens is 1. The van der Waals surface area contributed by atoms with Gasteiger partial charge in [-0.05, 0) is 166 Å². The molecule has 0 spiro atoms. The van der Waals surface area contributed by atoms with Crippen molar-refractivity contribution in [1.82, 2.24) is 10.2 Å². The molecule has 7 aliphatic rings. The topological polar surface area (TPSA) is 75.7 Å². The molecule has 1 aliphatic heterocycles. The van der Waals surface area contributed by atoms with E-state index in [-0.39, 0.29) is 45.3 Å². The maximum absolute atomic E-state index is 15.4. The molecule has 4 saturated carbocycles. The second-order valence-electron chi connectivity index (χ2n) is 20.6. The van der Waals surface area contributed by atoms with Crippen molar-refractivity contribution in [2.45, 2.75) is 148 Å². The Hall–Kier alpha value is -1.51. The van der Waals surface area contributed by atoms with Crippen molar-refractivity contribution in [1.29, 1.82) is 0 Å². The summed E-state index contributed by atoms with van der Waals surface area (Å²) >= 11 is 0. The van der Waals surface area contributed by atoms with Gasteiger partial charge in [-0.1, -0.05) is 58.9 Å². The van der Waals surface area contributed by atoms with Crippen molar-refractivity contribution in [2.24, 2.45) is 51.2 Å². The van der Waals surface area contributed by atoms with Gasteiger partial charge in [-0.15, -0.1) is 0 Å². The number of piperidine rings is 1. The summed E-state index contributed by atoms with van der Waals surface area (Å²) in [7, 11) is -1.67. The minimum Gasteiger partial charge on any atom is -0.467 e. The molecule has 1 unspecified atom stereocenters. The van der Waals surface area contributed by atoms with Crippen LogP contribution < -0.4 is 5.32 Å². The number of alkyl halides is 1. The maximum Gasteiger partial charge on any atom is 0.343 e. The van der Waals surface area contributed by atoms with Crippen LogP contribution in [0.25, 0.3) is 0 Å². The number of hydrogen-bond donors (Lipinski definition) is 1. The Kier molecular flexibility index (Phi) is 10.2. The van der Waals surface area contributed by atoms with Crippen molar-refractivity contribution in [3.63, 3.8) is 0 Å². The smallest absolute Gasteiger partial charge is 0.343 e. The number of fused-ring (bicyclic) bond motifs is 7.